The monoisotopic (exact) mass is 389 g/mol. The van der Waals surface area contributed by atoms with Gasteiger partial charge in [0, 0.05) is 31.5 Å². The molecule has 1 aliphatic rings. The van der Waals surface area contributed by atoms with Crippen molar-refractivity contribution in [1.29, 1.82) is 0 Å². The van der Waals surface area contributed by atoms with E-state index >= 15 is 0 Å². The van der Waals surface area contributed by atoms with Gasteiger partial charge in [0.15, 0.2) is 0 Å². The number of nitrogens with zero attached hydrogens (tertiary/aromatic N) is 1. The van der Waals surface area contributed by atoms with Crippen molar-refractivity contribution in [3.05, 3.63) is 80.5 Å². The van der Waals surface area contributed by atoms with Crippen molar-refractivity contribution in [2.45, 2.75) is 16.6 Å². The van der Waals surface area contributed by atoms with E-state index in [9.17, 15) is 0 Å². The number of benzene rings is 2. The number of rotatable bonds is 2. The Balaban J connectivity index is 1.81. The molecule has 1 aromatic heterocycles. The van der Waals surface area contributed by atoms with Gasteiger partial charge in [-0.15, -0.1) is 23.1 Å². The lowest BCUT2D eigenvalue weighted by atomic mass is 10.1. The van der Waals surface area contributed by atoms with Crippen LogP contribution in [0.4, 0.5) is 5.69 Å². The van der Waals surface area contributed by atoms with E-state index in [1.165, 1.54) is 9.77 Å². The van der Waals surface area contributed by atoms with Gasteiger partial charge in [-0.25, -0.2) is 0 Å². The molecule has 120 valence electrons. The third-order valence-electron chi connectivity index (χ3n) is 3.88. The summed E-state index contributed by atoms with van der Waals surface area (Å²) in [5, 5.41) is 3.67. The van der Waals surface area contributed by atoms with E-state index in [-0.39, 0.29) is 5.25 Å². The van der Waals surface area contributed by atoms with E-state index in [0.717, 1.165) is 23.4 Å². The SMILES string of the molecule is Clc1ccc([C@H]2CC(c3cccs3)=Nc3ccccc3S2)c(Cl)c1. The van der Waals surface area contributed by atoms with Gasteiger partial charge in [-0.05, 0) is 41.3 Å². The lowest BCUT2D eigenvalue weighted by molar-refractivity contribution is 1.01. The minimum Gasteiger partial charge on any atom is -0.251 e. The summed E-state index contributed by atoms with van der Waals surface area (Å²) in [4.78, 5) is 7.33. The smallest absolute Gasteiger partial charge is 0.0769 e. The molecule has 0 bridgehead atoms. The van der Waals surface area contributed by atoms with Gasteiger partial charge in [-0.1, -0.05) is 47.5 Å². The average molecular weight is 390 g/mol. The fourth-order valence-corrected chi connectivity index (χ4v) is 5.35. The highest BCUT2D eigenvalue weighted by atomic mass is 35.5. The molecule has 0 amide bonds. The Labute approximate surface area is 159 Å². The maximum Gasteiger partial charge on any atom is 0.0769 e. The van der Waals surface area contributed by atoms with Gasteiger partial charge in [0.1, 0.15) is 0 Å². The van der Waals surface area contributed by atoms with Gasteiger partial charge in [-0.2, -0.15) is 0 Å². The van der Waals surface area contributed by atoms with Crippen LogP contribution in [0.2, 0.25) is 10.0 Å². The highest BCUT2D eigenvalue weighted by Crippen LogP contribution is 2.47. The fraction of sp³-hybridized carbons (Fsp3) is 0.105. The molecule has 4 rings (SSSR count). The lowest BCUT2D eigenvalue weighted by Gasteiger charge is -2.17. The first-order valence-corrected chi connectivity index (χ1v) is 10.0. The molecular formula is C19H13Cl2NS2. The Morgan fingerprint density at radius 3 is 2.67 bits per heavy atom. The van der Waals surface area contributed by atoms with E-state index in [1.54, 1.807) is 11.3 Å². The minimum absolute atomic E-state index is 0.208. The lowest BCUT2D eigenvalue weighted by Crippen LogP contribution is -2.04. The summed E-state index contributed by atoms with van der Waals surface area (Å²) in [6, 6.07) is 18.2. The second-order valence-electron chi connectivity index (χ2n) is 5.48. The summed E-state index contributed by atoms with van der Waals surface area (Å²) >= 11 is 16.1. The predicted molar refractivity (Wildman–Crippen MR) is 107 cm³/mol. The van der Waals surface area contributed by atoms with E-state index in [4.69, 9.17) is 28.2 Å². The number of para-hydroxylation sites is 1. The largest absolute Gasteiger partial charge is 0.251 e. The van der Waals surface area contributed by atoms with Crippen molar-refractivity contribution in [2.24, 2.45) is 4.99 Å². The molecule has 0 saturated heterocycles. The normalized spacial score (nSPS) is 17.1. The summed E-state index contributed by atoms with van der Waals surface area (Å²) in [7, 11) is 0. The number of halogens is 2. The van der Waals surface area contributed by atoms with E-state index in [0.29, 0.717) is 10.0 Å². The van der Waals surface area contributed by atoms with E-state index in [2.05, 4.69) is 35.7 Å². The molecule has 0 aliphatic carbocycles. The topological polar surface area (TPSA) is 12.4 Å². The van der Waals surface area contributed by atoms with E-state index in [1.807, 2.05) is 36.0 Å². The molecule has 24 heavy (non-hydrogen) atoms. The fourth-order valence-electron chi connectivity index (χ4n) is 2.75. The predicted octanol–water partition coefficient (Wildman–Crippen LogP) is 7.41. The number of aliphatic imine (C=N–C) groups is 1. The van der Waals surface area contributed by atoms with Gasteiger partial charge in [0.2, 0.25) is 0 Å². The Morgan fingerprint density at radius 1 is 1.00 bits per heavy atom. The molecule has 1 aliphatic heterocycles. The molecule has 0 saturated carbocycles. The van der Waals surface area contributed by atoms with E-state index < -0.39 is 0 Å². The van der Waals surface area contributed by atoms with Crippen LogP contribution >= 0.6 is 46.3 Å². The second kappa shape index (κ2) is 6.93. The zero-order valence-corrected chi connectivity index (χ0v) is 15.7. The molecule has 5 heteroatoms. The van der Waals surface area contributed by atoms with Gasteiger partial charge in [0.25, 0.3) is 0 Å². The number of thioether (sulfide) groups is 1. The Morgan fingerprint density at radius 2 is 1.88 bits per heavy atom. The second-order valence-corrected chi connectivity index (χ2v) is 8.52. The first-order chi connectivity index (χ1) is 11.7. The molecule has 1 nitrogen and oxygen atoms in total. The highest BCUT2D eigenvalue weighted by Gasteiger charge is 2.24. The van der Waals surface area contributed by atoms with Gasteiger partial charge < -0.3 is 0 Å². The Kier molecular flexibility index (Phi) is 4.68. The van der Waals surface area contributed by atoms with Crippen molar-refractivity contribution in [3.63, 3.8) is 0 Å². The minimum atomic E-state index is 0.208. The number of fused-ring (bicyclic) bond motifs is 1. The maximum atomic E-state index is 6.48. The summed E-state index contributed by atoms with van der Waals surface area (Å²) in [5.41, 5.74) is 3.24. The number of thiophene rings is 1. The standard InChI is InChI=1S/C19H13Cl2NS2/c20-12-7-8-13(14(21)10-12)19-11-16(17-6-3-9-23-17)22-15-4-1-2-5-18(15)24-19/h1-10,19H,11H2/t19-/m1/s1. The van der Waals surface area contributed by atoms with Crippen LogP contribution in [0.3, 0.4) is 0 Å². The van der Waals surface area contributed by atoms with Crippen LogP contribution in [-0.2, 0) is 0 Å². The third kappa shape index (κ3) is 3.27. The summed E-state index contributed by atoms with van der Waals surface area (Å²) < 4.78 is 0. The Bertz CT molecular complexity index is 903. The molecule has 0 radical (unpaired) electrons. The van der Waals surface area contributed by atoms with Gasteiger partial charge in [0.05, 0.1) is 11.4 Å². The Hall–Kier alpha value is -1.26. The third-order valence-corrected chi connectivity index (χ3v) is 6.67. The zero-order chi connectivity index (χ0) is 16.5. The highest BCUT2D eigenvalue weighted by molar-refractivity contribution is 7.99. The van der Waals surface area contributed by atoms with Crippen molar-refractivity contribution >= 4 is 57.7 Å². The molecule has 2 heterocycles. The molecule has 1 atom stereocenters. The average Bonchev–Trinajstić information content (AvgIpc) is 3.03. The summed E-state index contributed by atoms with van der Waals surface area (Å²) in [6.07, 6.45) is 0.835. The zero-order valence-electron chi connectivity index (χ0n) is 12.6. The van der Waals surface area contributed by atoms with Crippen LogP contribution in [0.15, 0.2) is 69.9 Å². The molecule has 2 aromatic carbocycles. The molecule has 0 fully saturated rings. The van der Waals surface area contributed by atoms with Crippen molar-refractivity contribution in [1.82, 2.24) is 0 Å². The first-order valence-electron chi connectivity index (χ1n) is 7.53. The van der Waals surface area contributed by atoms with Crippen LogP contribution in [0.1, 0.15) is 22.1 Å². The molecular weight excluding hydrogens is 377 g/mol. The summed E-state index contributed by atoms with van der Waals surface area (Å²) in [5.74, 6) is 0. The molecule has 3 aromatic rings. The molecule has 0 N–H and O–H groups in total. The van der Waals surface area contributed by atoms with Gasteiger partial charge in [-0.3, -0.25) is 4.99 Å². The van der Waals surface area contributed by atoms with Crippen LogP contribution in [0.25, 0.3) is 0 Å². The van der Waals surface area contributed by atoms with Crippen LogP contribution in [0, 0.1) is 0 Å². The quantitative estimate of drug-likeness (QED) is 0.444. The van der Waals surface area contributed by atoms with Crippen LogP contribution in [0.5, 0.6) is 0 Å². The van der Waals surface area contributed by atoms with Gasteiger partial charge >= 0.3 is 0 Å². The first kappa shape index (κ1) is 16.2. The number of hydrogen-bond donors (Lipinski definition) is 0. The van der Waals surface area contributed by atoms with Crippen LogP contribution < -0.4 is 0 Å². The van der Waals surface area contributed by atoms with Crippen molar-refractivity contribution in [2.75, 3.05) is 0 Å². The van der Waals surface area contributed by atoms with Crippen molar-refractivity contribution in [3.8, 4) is 0 Å². The maximum absolute atomic E-state index is 6.48. The summed E-state index contributed by atoms with van der Waals surface area (Å²) in [6.45, 7) is 0. The number of hydrogen-bond acceptors (Lipinski definition) is 3. The molecule has 0 unspecified atom stereocenters. The van der Waals surface area contributed by atoms with Crippen LogP contribution in [-0.4, -0.2) is 5.71 Å². The molecule has 0 spiro atoms. The van der Waals surface area contributed by atoms with Crippen molar-refractivity contribution < 1.29 is 0 Å².